The van der Waals surface area contributed by atoms with E-state index < -0.39 is 5.92 Å². The summed E-state index contributed by atoms with van der Waals surface area (Å²) < 4.78 is 0. The van der Waals surface area contributed by atoms with Crippen molar-refractivity contribution in [3.05, 3.63) is 0 Å². The van der Waals surface area contributed by atoms with Crippen LogP contribution in [0.4, 0.5) is 0 Å². The maximum Gasteiger partial charge on any atom is 0.147 e. The molecule has 4 nitrogen and oxygen atoms in total. The van der Waals surface area contributed by atoms with Crippen molar-refractivity contribution in [3.8, 4) is 0 Å². The van der Waals surface area contributed by atoms with Crippen molar-refractivity contribution >= 4 is 23.1 Å². The monoisotopic (exact) mass is 194 g/mol. The number of ketones is 2. The predicted octanol–water partition coefficient (Wildman–Crippen LogP) is 1.04. The van der Waals surface area contributed by atoms with Gasteiger partial charge in [0, 0.05) is 18.7 Å². The van der Waals surface area contributed by atoms with Crippen molar-refractivity contribution < 1.29 is 9.59 Å². The molecule has 0 saturated heterocycles. The first kappa shape index (κ1) is 10.8. The second-order valence-corrected chi connectivity index (χ2v) is 3.49. The third-order valence-corrected chi connectivity index (χ3v) is 2.12. The Morgan fingerprint density at radius 3 is 2.29 bits per heavy atom. The van der Waals surface area contributed by atoms with Crippen LogP contribution in [0.15, 0.2) is 9.98 Å². The Hall–Kier alpha value is -1.32. The van der Waals surface area contributed by atoms with E-state index in [0.717, 1.165) is 12.1 Å². The summed E-state index contributed by atoms with van der Waals surface area (Å²) in [5.41, 5.74) is 0.933. The molecule has 0 aliphatic carbocycles. The number of carbonyl (C=O) groups excluding carboxylic acids is 2. The molecule has 0 aromatic carbocycles. The highest BCUT2D eigenvalue weighted by molar-refractivity contribution is 6.21. The Kier molecular flexibility index (Phi) is 3.28. The maximum atomic E-state index is 11.2. The second kappa shape index (κ2) is 4.26. The average molecular weight is 194 g/mol. The molecule has 0 saturated carbocycles. The normalized spacial score (nSPS) is 16.3. The molecule has 0 N–H and O–H groups in total. The van der Waals surface area contributed by atoms with Crippen LogP contribution < -0.4 is 0 Å². The van der Waals surface area contributed by atoms with Crippen molar-refractivity contribution in [1.29, 1.82) is 0 Å². The zero-order valence-electron chi connectivity index (χ0n) is 8.70. The summed E-state index contributed by atoms with van der Waals surface area (Å²) in [6.45, 7) is 5.30. The Morgan fingerprint density at radius 2 is 1.86 bits per heavy atom. The SMILES string of the molecule is CC(=O)C(C(C)=O)C1=NCCC(C)=N1. The Morgan fingerprint density at radius 1 is 1.29 bits per heavy atom. The van der Waals surface area contributed by atoms with Crippen molar-refractivity contribution in [1.82, 2.24) is 0 Å². The Balaban J connectivity index is 2.95. The van der Waals surface area contributed by atoms with E-state index in [-0.39, 0.29) is 11.6 Å². The first-order valence-corrected chi connectivity index (χ1v) is 4.61. The van der Waals surface area contributed by atoms with E-state index in [2.05, 4.69) is 9.98 Å². The lowest BCUT2D eigenvalue weighted by Gasteiger charge is -2.14. The van der Waals surface area contributed by atoms with Gasteiger partial charge in [0.15, 0.2) is 0 Å². The van der Waals surface area contributed by atoms with Crippen molar-refractivity contribution in [2.45, 2.75) is 27.2 Å². The van der Waals surface area contributed by atoms with Crippen molar-refractivity contribution in [2.75, 3.05) is 6.54 Å². The van der Waals surface area contributed by atoms with Gasteiger partial charge in [0.25, 0.3) is 0 Å². The van der Waals surface area contributed by atoms with Gasteiger partial charge >= 0.3 is 0 Å². The van der Waals surface area contributed by atoms with Gasteiger partial charge in [-0.15, -0.1) is 0 Å². The van der Waals surface area contributed by atoms with E-state index in [1.165, 1.54) is 13.8 Å². The number of carbonyl (C=O) groups is 2. The van der Waals surface area contributed by atoms with Crippen LogP contribution in [0.5, 0.6) is 0 Å². The van der Waals surface area contributed by atoms with Gasteiger partial charge < -0.3 is 0 Å². The molecule has 0 spiro atoms. The highest BCUT2D eigenvalue weighted by Gasteiger charge is 2.26. The number of Topliss-reactive ketones (excluding diaryl/α,β-unsaturated/α-hetero) is 2. The number of nitrogens with zero attached hydrogens (tertiary/aromatic N) is 2. The quantitative estimate of drug-likeness (QED) is 0.630. The van der Waals surface area contributed by atoms with E-state index in [9.17, 15) is 9.59 Å². The van der Waals surface area contributed by atoms with Crippen molar-refractivity contribution in [2.24, 2.45) is 15.9 Å². The third-order valence-electron chi connectivity index (χ3n) is 2.12. The molecule has 14 heavy (non-hydrogen) atoms. The fraction of sp³-hybridized carbons (Fsp3) is 0.600. The molecule has 0 aromatic rings. The molecular weight excluding hydrogens is 180 g/mol. The van der Waals surface area contributed by atoms with Crippen LogP contribution in [-0.4, -0.2) is 29.7 Å². The summed E-state index contributed by atoms with van der Waals surface area (Å²) in [4.78, 5) is 30.7. The van der Waals surface area contributed by atoms with Gasteiger partial charge in [-0.25, -0.2) is 4.99 Å². The smallest absolute Gasteiger partial charge is 0.147 e. The van der Waals surface area contributed by atoms with Gasteiger partial charge in [-0.2, -0.15) is 0 Å². The van der Waals surface area contributed by atoms with E-state index in [1.807, 2.05) is 6.92 Å². The summed E-state index contributed by atoms with van der Waals surface area (Å²) in [7, 11) is 0. The summed E-state index contributed by atoms with van der Waals surface area (Å²) >= 11 is 0. The maximum absolute atomic E-state index is 11.2. The lowest BCUT2D eigenvalue weighted by atomic mass is 9.99. The predicted molar refractivity (Wildman–Crippen MR) is 54.9 cm³/mol. The van der Waals surface area contributed by atoms with E-state index >= 15 is 0 Å². The molecule has 1 aliphatic heterocycles. The molecule has 76 valence electrons. The summed E-state index contributed by atoms with van der Waals surface area (Å²) in [5.74, 6) is -0.747. The van der Waals surface area contributed by atoms with E-state index in [4.69, 9.17) is 0 Å². The molecule has 0 radical (unpaired) electrons. The fourth-order valence-corrected chi connectivity index (χ4v) is 1.42. The minimum atomic E-state index is -0.759. The molecule has 0 aromatic heterocycles. The second-order valence-electron chi connectivity index (χ2n) is 3.49. The number of aliphatic imine (C=N–C) groups is 2. The first-order chi connectivity index (χ1) is 6.52. The molecule has 0 amide bonds. The van der Waals surface area contributed by atoms with Gasteiger partial charge in [-0.3, -0.25) is 14.6 Å². The van der Waals surface area contributed by atoms with Gasteiger partial charge in [-0.1, -0.05) is 0 Å². The van der Waals surface area contributed by atoms with Crippen LogP contribution in [0, 0.1) is 5.92 Å². The molecule has 0 unspecified atom stereocenters. The molecule has 0 bridgehead atoms. The minimum Gasteiger partial charge on any atom is -0.299 e. The molecular formula is C10H14N2O2. The van der Waals surface area contributed by atoms with E-state index in [1.54, 1.807) is 0 Å². The average Bonchev–Trinajstić information content (AvgIpc) is 2.02. The number of amidine groups is 1. The fourth-order valence-electron chi connectivity index (χ4n) is 1.42. The zero-order chi connectivity index (χ0) is 10.7. The largest absolute Gasteiger partial charge is 0.299 e. The highest BCUT2D eigenvalue weighted by atomic mass is 16.1. The molecule has 0 atom stereocenters. The van der Waals surface area contributed by atoms with Gasteiger partial charge in [0.2, 0.25) is 0 Å². The lowest BCUT2D eigenvalue weighted by Crippen LogP contribution is -2.30. The molecule has 0 fully saturated rings. The third kappa shape index (κ3) is 2.34. The highest BCUT2D eigenvalue weighted by Crippen LogP contribution is 2.10. The number of hydrogen-bond acceptors (Lipinski definition) is 4. The Bertz CT molecular complexity index is 315. The van der Waals surface area contributed by atoms with Crippen molar-refractivity contribution in [3.63, 3.8) is 0 Å². The van der Waals surface area contributed by atoms with E-state index in [0.29, 0.717) is 12.4 Å². The molecule has 1 rings (SSSR count). The molecule has 1 aliphatic rings. The van der Waals surface area contributed by atoms with Crippen LogP contribution >= 0.6 is 0 Å². The molecule has 1 heterocycles. The van der Waals surface area contributed by atoms with Crippen LogP contribution in [0.3, 0.4) is 0 Å². The van der Waals surface area contributed by atoms with Gasteiger partial charge in [-0.05, 0) is 20.8 Å². The van der Waals surface area contributed by atoms with Crippen LogP contribution in [-0.2, 0) is 9.59 Å². The topological polar surface area (TPSA) is 58.9 Å². The lowest BCUT2D eigenvalue weighted by molar-refractivity contribution is -0.127. The first-order valence-electron chi connectivity index (χ1n) is 4.61. The summed E-state index contributed by atoms with van der Waals surface area (Å²) in [6, 6.07) is 0. The Labute approximate surface area is 83.1 Å². The summed E-state index contributed by atoms with van der Waals surface area (Å²) in [6.07, 6.45) is 0.812. The zero-order valence-corrected chi connectivity index (χ0v) is 8.70. The minimum absolute atomic E-state index is 0.185. The van der Waals surface area contributed by atoms with Crippen LogP contribution in [0.1, 0.15) is 27.2 Å². The van der Waals surface area contributed by atoms with Gasteiger partial charge in [0.05, 0.1) is 0 Å². The number of rotatable bonds is 3. The molecule has 4 heteroatoms. The van der Waals surface area contributed by atoms with Crippen LogP contribution in [0.25, 0.3) is 0 Å². The number of hydrogen-bond donors (Lipinski definition) is 0. The summed E-state index contributed by atoms with van der Waals surface area (Å²) in [5, 5.41) is 0. The van der Waals surface area contributed by atoms with Crippen LogP contribution in [0.2, 0.25) is 0 Å². The standard InChI is InChI=1S/C10H14N2O2/c1-6-4-5-11-10(12-6)9(7(2)13)8(3)14/h9H,4-5H2,1-3H3. The van der Waals surface area contributed by atoms with Gasteiger partial charge in [0.1, 0.15) is 23.3 Å².